The number of carboxylic acids is 1. The summed E-state index contributed by atoms with van der Waals surface area (Å²) in [5.41, 5.74) is -1.71. The lowest BCUT2D eigenvalue weighted by Crippen LogP contribution is -2.68. The zero-order chi connectivity index (χ0) is 21.2. The molecular weight excluding hydrogens is 360 g/mol. The lowest BCUT2D eigenvalue weighted by molar-refractivity contribution is -0.161. The van der Waals surface area contributed by atoms with Gasteiger partial charge in [0.15, 0.2) is 12.1 Å². The molecule has 27 heavy (non-hydrogen) atoms. The van der Waals surface area contributed by atoms with Crippen molar-refractivity contribution in [2.75, 3.05) is 20.2 Å². The SMILES string of the molecule is COC(=O)C1C(C(=O)O)N(C(=O)OC(C)(C)C)CCN1C(=O)OC(C)(C)C. The number of carboxylic acid groups (broad SMARTS) is 1. The van der Waals surface area contributed by atoms with Crippen LogP contribution in [-0.2, 0) is 23.8 Å². The van der Waals surface area contributed by atoms with Gasteiger partial charge in [0.1, 0.15) is 11.2 Å². The Balaban J connectivity index is 3.25. The number of piperazine rings is 1. The highest BCUT2D eigenvalue weighted by molar-refractivity contribution is 5.92. The first kappa shape index (κ1) is 22.5. The van der Waals surface area contributed by atoms with Crippen LogP contribution in [0.5, 0.6) is 0 Å². The Bertz CT molecular complexity index is 605. The maximum absolute atomic E-state index is 12.5. The third-order valence-electron chi connectivity index (χ3n) is 3.50. The molecule has 154 valence electrons. The van der Waals surface area contributed by atoms with E-state index >= 15 is 0 Å². The van der Waals surface area contributed by atoms with Crippen LogP contribution in [0.25, 0.3) is 0 Å². The van der Waals surface area contributed by atoms with E-state index < -0.39 is 47.4 Å². The zero-order valence-electron chi connectivity index (χ0n) is 16.8. The molecule has 2 unspecified atom stereocenters. The fraction of sp³-hybridized carbons (Fsp3) is 0.765. The second-order valence-electron chi connectivity index (χ2n) is 8.10. The molecule has 0 aliphatic carbocycles. The minimum atomic E-state index is -1.67. The van der Waals surface area contributed by atoms with Crippen molar-refractivity contribution in [1.82, 2.24) is 9.80 Å². The Morgan fingerprint density at radius 2 is 1.19 bits per heavy atom. The first-order chi connectivity index (χ1) is 12.2. The number of carbonyl (C=O) groups is 4. The van der Waals surface area contributed by atoms with Gasteiger partial charge in [-0.05, 0) is 41.5 Å². The predicted molar refractivity (Wildman–Crippen MR) is 93.1 cm³/mol. The van der Waals surface area contributed by atoms with Crippen LogP contribution < -0.4 is 0 Å². The summed E-state index contributed by atoms with van der Waals surface area (Å²) < 4.78 is 15.2. The first-order valence-electron chi connectivity index (χ1n) is 8.48. The molecule has 1 aliphatic rings. The Labute approximate surface area is 158 Å². The highest BCUT2D eigenvalue weighted by Gasteiger charge is 2.51. The summed E-state index contributed by atoms with van der Waals surface area (Å²) >= 11 is 0. The van der Waals surface area contributed by atoms with Gasteiger partial charge in [0.05, 0.1) is 7.11 Å². The second kappa shape index (κ2) is 8.01. The summed E-state index contributed by atoms with van der Waals surface area (Å²) in [7, 11) is 1.07. The first-order valence-corrected chi connectivity index (χ1v) is 8.48. The van der Waals surface area contributed by atoms with Gasteiger partial charge in [-0.15, -0.1) is 0 Å². The molecule has 0 aromatic carbocycles. The minimum Gasteiger partial charge on any atom is -0.480 e. The minimum absolute atomic E-state index is 0.113. The number of aliphatic carboxylic acids is 1. The average Bonchev–Trinajstić information content (AvgIpc) is 2.49. The van der Waals surface area contributed by atoms with Gasteiger partial charge in [-0.25, -0.2) is 19.2 Å². The number of ether oxygens (including phenoxy) is 3. The molecule has 1 N–H and O–H groups in total. The van der Waals surface area contributed by atoms with Crippen LogP contribution in [0.3, 0.4) is 0 Å². The molecule has 1 aliphatic heterocycles. The van der Waals surface area contributed by atoms with Crippen molar-refractivity contribution >= 4 is 24.1 Å². The van der Waals surface area contributed by atoms with Crippen LogP contribution in [0.4, 0.5) is 9.59 Å². The molecule has 10 nitrogen and oxygen atoms in total. The van der Waals surface area contributed by atoms with E-state index in [9.17, 15) is 24.3 Å². The van der Waals surface area contributed by atoms with Gasteiger partial charge in [0, 0.05) is 13.1 Å². The van der Waals surface area contributed by atoms with Crippen molar-refractivity contribution in [3.63, 3.8) is 0 Å². The molecular formula is C17H28N2O8. The molecule has 2 atom stereocenters. The third-order valence-corrected chi connectivity index (χ3v) is 3.50. The van der Waals surface area contributed by atoms with Crippen molar-refractivity contribution in [3.8, 4) is 0 Å². The molecule has 0 spiro atoms. The molecule has 0 radical (unpaired) electrons. The smallest absolute Gasteiger partial charge is 0.411 e. The molecule has 0 saturated carbocycles. The van der Waals surface area contributed by atoms with Gasteiger partial charge < -0.3 is 19.3 Å². The molecule has 2 amide bonds. The van der Waals surface area contributed by atoms with Crippen LogP contribution in [0, 0.1) is 0 Å². The fourth-order valence-corrected chi connectivity index (χ4v) is 2.53. The van der Waals surface area contributed by atoms with Gasteiger partial charge in [-0.1, -0.05) is 0 Å². The molecule has 1 saturated heterocycles. The maximum Gasteiger partial charge on any atom is 0.411 e. The Morgan fingerprint density at radius 3 is 1.48 bits per heavy atom. The Kier molecular flexibility index (Phi) is 6.68. The van der Waals surface area contributed by atoms with E-state index in [1.165, 1.54) is 0 Å². The van der Waals surface area contributed by atoms with Gasteiger partial charge in [-0.3, -0.25) is 9.80 Å². The summed E-state index contributed by atoms with van der Waals surface area (Å²) in [5, 5.41) is 9.67. The normalized spacial score (nSPS) is 20.7. The van der Waals surface area contributed by atoms with E-state index in [-0.39, 0.29) is 13.1 Å². The van der Waals surface area contributed by atoms with Gasteiger partial charge in [-0.2, -0.15) is 0 Å². The third kappa shape index (κ3) is 6.00. The van der Waals surface area contributed by atoms with E-state index in [1.807, 2.05) is 0 Å². The standard InChI is InChI=1S/C17H28N2O8/c1-16(2,3)26-14(23)18-8-9-19(15(24)27-17(4,5)6)11(13(22)25-7)10(18)12(20)21/h10-11H,8-9H2,1-7H3,(H,20,21). The van der Waals surface area contributed by atoms with E-state index in [1.54, 1.807) is 41.5 Å². The summed E-state index contributed by atoms with van der Waals surface area (Å²) in [6.45, 7) is 9.58. The van der Waals surface area contributed by atoms with E-state index in [0.29, 0.717) is 0 Å². The number of esters is 1. The lowest BCUT2D eigenvalue weighted by Gasteiger charge is -2.44. The van der Waals surface area contributed by atoms with Crippen LogP contribution in [-0.4, -0.2) is 82.5 Å². The number of carbonyl (C=O) groups excluding carboxylic acids is 3. The van der Waals surface area contributed by atoms with Crippen LogP contribution in [0.15, 0.2) is 0 Å². The molecule has 0 aromatic heterocycles. The largest absolute Gasteiger partial charge is 0.480 e. The van der Waals surface area contributed by atoms with Gasteiger partial charge in [0.25, 0.3) is 0 Å². The molecule has 0 aromatic rings. The van der Waals surface area contributed by atoms with Crippen molar-refractivity contribution < 1.29 is 38.5 Å². The monoisotopic (exact) mass is 388 g/mol. The Hall–Kier alpha value is -2.52. The Morgan fingerprint density at radius 1 is 0.815 bits per heavy atom. The topological polar surface area (TPSA) is 123 Å². The highest BCUT2D eigenvalue weighted by Crippen LogP contribution is 2.24. The number of nitrogens with zero attached hydrogens (tertiary/aromatic N) is 2. The summed E-state index contributed by atoms with van der Waals surface area (Å²) in [6.07, 6.45) is -1.76. The van der Waals surface area contributed by atoms with Crippen LogP contribution in [0.2, 0.25) is 0 Å². The summed E-state index contributed by atoms with van der Waals surface area (Å²) in [5.74, 6) is -2.44. The fourth-order valence-electron chi connectivity index (χ4n) is 2.53. The van der Waals surface area contributed by atoms with Crippen molar-refractivity contribution in [2.45, 2.75) is 64.8 Å². The van der Waals surface area contributed by atoms with Crippen molar-refractivity contribution in [2.24, 2.45) is 0 Å². The number of rotatable bonds is 2. The molecule has 10 heteroatoms. The van der Waals surface area contributed by atoms with Crippen LogP contribution >= 0.6 is 0 Å². The van der Waals surface area contributed by atoms with E-state index in [2.05, 4.69) is 4.74 Å². The molecule has 1 rings (SSSR count). The maximum atomic E-state index is 12.5. The highest BCUT2D eigenvalue weighted by atomic mass is 16.6. The van der Waals surface area contributed by atoms with Crippen molar-refractivity contribution in [3.05, 3.63) is 0 Å². The van der Waals surface area contributed by atoms with E-state index in [4.69, 9.17) is 9.47 Å². The quantitative estimate of drug-likeness (QED) is 0.557. The second-order valence-corrected chi connectivity index (χ2v) is 8.10. The average molecular weight is 388 g/mol. The molecule has 0 bridgehead atoms. The number of hydrogen-bond acceptors (Lipinski definition) is 7. The summed E-state index contributed by atoms with van der Waals surface area (Å²) in [6, 6.07) is -3.24. The molecule has 1 fully saturated rings. The zero-order valence-corrected chi connectivity index (χ0v) is 16.8. The number of hydrogen-bond donors (Lipinski definition) is 1. The van der Waals surface area contributed by atoms with Gasteiger partial charge in [0.2, 0.25) is 0 Å². The van der Waals surface area contributed by atoms with Crippen molar-refractivity contribution in [1.29, 1.82) is 0 Å². The lowest BCUT2D eigenvalue weighted by atomic mass is 10.0. The van der Waals surface area contributed by atoms with Gasteiger partial charge >= 0.3 is 24.1 Å². The van der Waals surface area contributed by atoms with Crippen LogP contribution in [0.1, 0.15) is 41.5 Å². The number of methoxy groups -OCH3 is 1. The number of amides is 2. The van der Waals surface area contributed by atoms with E-state index in [0.717, 1.165) is 16.9 Å². The predicted octanol–water partition coefficient (Wildman–Crippen LogP) is 1.47. The molecule has 1 heterocycles. The summed E-state index contributed by atoms with van der Waals surface area (Å²) in [4.78, 5) is 51.0.